The van der Waals surface area contributed by atoms with Crippen LogP contribution in [0.4, 0.5) is 5.69 Å². The lowest BCUT2D eigenvalue weighted by Gasteiger charge is -2.28. The fraction of sp³-hybridized carbons (Fsp3) is 0.350. The van der Waals surface area contributed by atoms with E-state index in [1.165, 1.54) is 0 Å². The number of amides is 1. The minimum Gasteiger partial charge on any atom is -0.494 e. The summed E-state index contributed by atoms with van der Waals surface area (Å²) in [6, 6.07) is 13.6. The van der Waals surface area contributed by atoms with E-state index in [4.69, 9.17) is 4.74 Å². The number of hydrogen-bond acceptors (Lipinski definition) is 4. The van der Waals surface area contributed by atoms with Crippen LogP contribution in [-0.4, -0.2) is 33.2 Å². The monoisotopic (exact) mass is 390 g/mol. The molecule has 27 heavy (non-hydrogen) atoms. The lowest BCUT2D eigenvalue weighted by Crippen LogP contribution is -2.47. The van der Waals surface area contributed by atoms with Gasteiger partial charge in [0.25, 0.3) is 0 Å². The van der Waals surface area contributed by atoms with Crippen molar-refractivity contribution >= 4 is 21.6 Å². The van der Waals surface area contributed by atoms with Gasteiger partial charge in [-0.3, -0.25) is 9.10 Å². The Balaban J connectivity index is 2.14. The summed E-state index contributed by atoms with van der Waals surface area (Å²) in [4.78, 5) is 12.6. The fourth-order valence-electron chi connectivity index (χ4n) is 2.82. The van der Waals surface area contributed by atoms with Gasteiger partial charge in [-0.2, -0.15) is 0 Å². The maximum atomic E-state index is 12.6. The molecule has 146 valence electrons. The molecule has 0 saturated heterocycles. The van der Waals surface area contributed by atoms with Crippen molar-refractivity contribution in [1.29, 1.82) is 0 Å². The number of benzene rings is 2. The first kappa shape index (κ1) is 20.8. The summed E-state index contributed by atoms with van der Waals surface area (Å²) in [6.07, 6.45) is 1.10. The van der Waals surface area contributed by atoms with Gasteiger partial charge in [-0.1, -0.05) is 24.3 Å². The average Bonchev–Trinajstić information content (AvgIpc) is 2.59. The number of carbonyl (C=O) groups is 1. The number of anilines is 1. The number of hydrogen-bond donors (Lipinski definition) is 1. The Kier molecular flexibility index (Phi) is 6.85. The molecule has 6 nitrogen and oxygen atoms in total. The van der Waals surface area contributed by atoms with Crippen LogP contribution in [0.2, 0.25) is 0 Å². The predicted molar refractivity (Wildman–Crippen MR) is 107 cm³/mol. The van der Waals surface area contributed by atoms with Gasteiger partial charge < -0.3 is 10.1 Å². The Morgan fingerprint density at radius 2 is 1.89 bits per heavy atom. The Bertz CT molecular complexity index is 896. The third-order valence-corrected chi connectivity index (χ3v) is 5.26. The second-order valence-corrected chi connectivity index (χ2v) is 8.23. The first-order valence-electron chi connectivity index (χ1n) is 8.78. The largest absolute Gasteiger partial charge is 0.494 e. The van der Waals surface area contributed by atoms with Crippen molar-refractivity contribution in [3.05, 3.63) is 59.7 Å². The fourth-order valence-corrected chi connectivity index (χ4v) is 3.99. The molecule has 2 aromatic rings. The quantitative estimate of drug-likeness (QED) is 0.752. The molecule has 0 aliphatic heterocycles. The van der Waals surface area contributed by atoms with E-state index in [0.717, 1.165) is 27.4 Å². The smallest absolute Gasteiger partial charge is 0.243 e. The van der Waals surface area contributed by atoms with E-state index < -0.39 is 16.1 Å². The van der Waals surface area contributed by atoms with E-state index in [-0.39, 0.29) is 12.5 Å². The zero-order valence-electron chi connectivity index (χ0n) is 16.1. The summed E-state index contributed by atoms with van der Waals surface area (Å²) in [5, 5.41) is 2.80. The molecule has 0 bridgehead atoms. The van der Waals surface area contributed by atoms with E-state index in [9.17, 15) is 13.2 Å². The van der Waals surface area contributed by atoms with E-state index in [0.29, 0.717) is 12.3 Å². The average molecular weight is 391 g/mol. The van der Waals surface area contributed by atoms with Crippen LogP contribution in [0.5, 0.6) is 5.75 Å². The molecule has 0 saturated carbocycles. The summed E-state index contributed by atoms with van der Waals surface area (Å²) in [6.45, 7) is 6.21. The third kappa shape index (κ3) is 5.72. The molecule has 0 aromatic heterocycles. The molecule has 0 heterocycles. The van der Waals surface area contributed by atoms with Crippen molar-refractivity contribution in [2.75, 3.05) is 17.2 Å². The first-order chi connectivity index (χ1) is 12.7. The number of nitrogens with zero attached hydrogens (tertiary/aromatic N) is 1. The topological polar surface area (TPSA) is 75.7 Å². The number of ether oxygens (including phenoxy) is 1. The minimum absolute atomic E-state index is 0.287. The van der Waals surface area contributed by atoms with Gasteiger partial charge in [-0.05, 0) is 56.2 Å². The van der Waals surface area contributed by atoms with Gasteiger partial charge in [0, 0.05) is 6.54 Å². The molecule has 0 aliphatic rings. The van der Waals surface area contributed by atoms with Crippen LogP contribution in [0.15, 0.2) is 48.5 Å². The third-order valence-electron chi connectivity index (χ3n) is 4.02. The highest BCUT2D eigenvalue weighted by molar-refractivity contribution is 7.92. The van der Waals surface area contributed by atoms with E-state index in [1.54, 1.807) is 25.1 Å². The number of aryl methyl sites for hydroxylation is 1. The minimum atomic E-state index is -3.62. The van der Waals surface area contributed by atoms with Crippen LogP contribution in [0.3, 0.4) is 0 Å². The molecular formula is C20H26N2O4S. The first-order valence-corrected chi connectivity index (χ1v) is 10.6. The van der Waals surface area contributed by atoms with Gasteiger partial charge in [-0.15, -0.1) is 0 Å². The molecule has 1 atom stereocenters. The van der Waals surface area contributed by atoms with Gasteiger partial charge in [-0.25, -0.2) is 8.42 Å². The molecule has 0 aliphatic carbocycles. The standard InChI is InChI=1S/C20H26N2O4S/c1-5-26-19-11-7-9-17(13-19)14-21-20(23)16(3)22(27(4,24)25)18-10-6-8-15(2)12-18/h6-13,16H,5,14H2,1-4H3,(H,21,23)/t16-/m1/s1. The molecule has 0 fully saturated rings. The van der Waals surface area contributed by atoms with Crippen molar-refractivity contribution < 1.29 is 17.9 Å². The van der Waals surface area contributed by atoms with Crippen molar-refractivity contribution in [3.8, 4) is 5.75 Å². The lowest BCUT2D eigenvalue weighted by molar-refractivity contribution is -0.122. The maximum absolute atomic E-state index is 12.6. The van der Waals surface area contributed by atoms with Gasteiger partial charge in [0.2, 0.25) is 15.9 Å². The number of sulfonamides is 1. The summed E-state index contributed by atoms with van der Waals surface area (Å²) in [5.74, 6) is 0.360. The molecule has 0 spiro atoms. The second-order valence-electron chi connectivity index (χ2n) is 6.37. The highest BCUT2D eigenvalue weighted by atomic mass is 32.2. The second kappa shape index (κ2) is 8.90. The van der Waals surface area contributed by atoms with Gasteiger partial charge in [0.15, 0.2) is 0 Å². The molecule has 7 heteroatoms. The number of rotatable bonds is 8. The van der Waals surface area contributed by atoms with Crippen LogP contribution in [0, 0.1) is 6.92 Å². The van der Waals surface area contributed by atoms with Crippen molar-refractivity contribution in [3.63, 3.8) is 0 Å². The molecule has 1 N–H and O–H groups in total. The lowest BCUT2D eigenvalue weighted by atomic mass is 10.2. The molecule has 2 rings (SSSR count). The van der Waals surface area contributed by atoms with Crippen LogP contribution < -0.4 is 14.4 Å². The highest BCUT2D eigenvalue weighted by Gasteiger charge is 2.29. The Morgan fingerprint density at radius 3 is 2.52 bits per heavy atom. The molecule has 0 unspecified atom stereocenters. The summed E-state index contributed by atoms with van der Waals surface area (Å²) < 4.78 is 31.2. The normalized spacial score (nSPS) is 12.3. The summed E-state index contributed by atoms with van der Waals surface area (Å²) >= 11 is 0. The predicted octanol–water partition coefficient (Wildman–Crippen LogP) is 2.86. The van der Waals surface area contributed by atoms with Crippen molar-refractivity contribution in [2.45, 2.75) is 33.4 Å². The van der Waals surface area contributed by atoms with Crippen LogP contribution in [-0.2, 0) is 21.4 Å². The number of carbonyl (C=O) groups excluding carboxylic acids is 1. The summed E-state index contributed by atoms with van der Waals surface area (Å²) in [5.41, 5.74) is 2.27. The van der Waals surface area contributed by atoms with Crippen LogP contribution >= 0.6 is 0 Å². The van der Waals surface area contributed by atoms with E-state index in [2.05, 4.69) is 5.32 Å². The zero-order valence-corrected chi connectivity index (χ0v) is 16.9. The molecular weight excluding hydrogens is 364 g/mol. The van der Waals surface area contributed by atoms with Crippen molar-refractivity contribution in [2.24, 2.45) is 0 Å². The highest BCUT2D eigenvalue weighted by Crippen LogP contribution is 2.22. The SMILES string of the molecule is CCOc1cccc(CNC(=O)[C@@H](C)N(c2cccc(C)c2)S(C)(=O)=O)c1. The molecule has 2 aromatic carbocycles. The van der Waals surface area contributed by atoms with Gasteiger partial charge in [0.05, 0.1) is 18.6 Å². The Labute approximate surface area is 161 Å². The van der Waals surface area contributed by atoms with Crippen LogP contribution in [0.1, 0.15) is 25.0 Å². The Hall–Kier alpha value is -2.54. The van der Waals surface area contributed by atoms with E-state index in [1.807, 2.05) is 44.2 Å². The Morgan fingerprint density at radius 1 is 1.19 bits per heavy atom. The van der Waals surface area contributed by atoms with Crippen molar-refractivity contribution in [1.82, 2.24) is 5.32 Å². The molecule has 0 radical (unpaired) electrons. The van der Waals surface area contributed by atoms with Gasteiger partial charge >= 0.3 is 0 Å². The van der Waals surface area contributed by atoms with Crippen LogP contribution in [0.25, 0.3) is 0 Å². The van der Waals surface area contributed by atoms with Gasteiger partial charge in [0.1, 0.15) is 11.8 Å². The zero-order chi connectivity index (χ0) is 20.0. The number of nitrogens with one attached hydrogen (secondary N) is 1. The molecule has 1 amide bonds. The summed E-state index contributed by atoms with van der Waals surface area (Å²) in [7, 11) is -3.62. The maximum Gasteiger partial charge on any atom is 0.243 e. The van der Waals surface area contributed by atoms with E-state index >= 15 is 0 Å².